The number of fused-ring (bicyclic) bond motifs is 1. The second-order valence-electron chi connectivity index (χ2n) is 7.64. The minimum absolute atomic E-state index is 0.229. The molecular formula is C24H23N3O4S. The predicted octanol–water partition coefficient (Wildman–Crippen LogP) is 3.98. The first kappa shape index (κ1) is 21.6. The maximum atomic E-state index is 13.4. The molecule has 2 aromatic carbocycles. The Balaban J connectivity index is 1.74. The summed E-state index contributed by atoms with van der Waals surface area (Å²) in [7, 11) is 1.48. The molecule has 1 amide bonds. The molecule has 1 N–H and O–H groups in total. The van der Waals surface area contributed by atoms with E-state index in [4.69, 9.17) is 4.74 Å². The summed E-state index contributed by atoms with van der Waals surface area (Å²) in [5.74, 6) is 0.423. The van der Waals surface area contributed by atoms with Crippen molar-refractivity contribution in [2.45, 2.75) is 26.3 Å². The molecule has 0 aliphatic heterocycles. The summed E-state index contributed by atoms with van der Waals surface area (Å²) in [6.45, 7) is 3.97. The Morgan fingerprint density at radius 3 is 2.47 bits per heavy atom. The highest BCUT2D eigenvalue weighted by Gasteiger charge is 2.19. The van der Waals surface area contributed by atoms with Crippen LogP contribution in [-0.4, -0.2) is 22.2 Å². The topological polar surface area (TPSA) is 82.3 Å². The van der Waals surface area contributed by atoms with E-state index in [1.54, 1.807) is 35.7 Å². The van der Waals surface area contributed by atoms with Gasteiger partial charge in [0.2, 0.25) is 5.91 Å². The molecule has 4 aromatic rings. The van der Waals surface area contributed by atoms with Crippen molar-refractivity contribution < 1.29 is 9.53 Å². The van der Waals surface area contributed by atoms with Gasteiger partial charge in [0.25, 0.3) is 5.56 Å². The average Bonchev–Trinajstić information content (AvgIpc) is 3.28. The zero-order chi connectivity index (χ0) is 22.8. The van der Waals surface area contributed by atoms with Gasteiger partial charge in [0.05, 0.1) is 18.3 Å². The van der Waals surface area contributed by atoms with Crippen LogP contribution in [-0.2, 0) is 11.3 Å². The van der Waals surface area contributed by atoms with E-state index >= 15 is 0 Å². The maximum absolute atomic E-state index is 13.4. The highest BCUT2D eigenvalue weighted by atomic mass is 32.1. The number of carbonyl (C=O) groups is 1. The third-order valence-electron chi connectivity index (χ3n) is 5.24. The molecule has 0 spiro atoms. The number of thiophene rings is 1. The summed E-state index contributed by atoms with van der Waals surface area (Å²) in [6, 6.07) is 16.1. The van der Waals surface area contributed by atoms with Gasteiger partial charge in [-0.3, -0.25) is 14.2 Å². The molecule has 4 rings (SSSR count). The van der Waals surface area contributed by atoms with Crippen LogP contribution in [0.25, 0.3) is 15.9 Å². The lowest BCUT2D eigenvalue weighted by Gasteiger charge is -2.14. The Morgan fingerprint density at radius 2 is 1.78 bits per heavy atom. The van der Waals surface area contributed by atoms with Crippen molar-refractivity contribution in [1.29, 1.82) is 0 Å². The van der Waals surface area contributed by atoms with Crippen LogP contribution in [0, 0.1) is 0 Å². The van der Waals surface area contributed by atoms with Gasteiger partial charge in [-0.1, -0.05) is 38.1 Å². The maximum Gasteiger partial charge on any atom is 0.336 e. The molecule has 164 valence electrons. The Bertz CT molecular complexity index is 1400. The van der Waals surface area contributed by atoms with E-state index in [9.17, 15) is 14.4 Å². The van der Waals surface area contributed by atoms with E-state index < -0.39 is 11.2 Å². The van der Waals surface area contributed by atoms with Gasteiger partial charge >= 0.3 is 5.69 Å². The smallest absolute Gasteiger partial charge is 0.336 e. The molecule has 0 unspecified atom stereocenters. The molecule has 0 bridgehead atoms. The van der Waals surface area contributed by atoms with E-state index in [2.05, 4.69) is 19.2 Å². The first-order valence-corrected chi connectivity index (χ1v) is 11.0. The zero-order valence-corrected chi connectivity index (χ0v) is 18.8. The summed E-state index contributed by atoms with van der Waals surface area (Å²) >= 11 is 1.23. The van der Waals surface area contributed by atoms with E-state index in [0.29, 0.717) is 33.3 Å². The first-order valence-electron chi connectivity index (χ1n) is 10.2. The average molecular weight is 450 g/mol. The quantitative estimate of drug-likeness (QED) is 0.483. The Labute approximate surface area is 188 Å². The van der Waals surface area contributed by atoms with Crippen LogP contribution in [0.1, 0.15) is 25.3 Å². The molecular weight excluding hydrogens is 426 g/mol. The Kier molecular flexibility index (Phi) is 5.96. The molecule has 2 aromatic heterocycles. The lowest BCUT2D eigenvalue weighted by Crippen LogP contribution is -2.40. The fraction of sp³-hybridized carbons (Fsp3) is 0.208. The van der Waals surface area contributed by atoms with Crippen molar-refractivity contribution >= 4 is 33.1 Å². The van der Waals surface area contributed by atoms with Crippen molar-refractivity contribution in [3.05, 3.63) is 86.4 Å². The van der Waals surface area contributed by atoms with Crippen molar-refractivity contribution in [2.24, 2.45) is 0 Å². The minimum atomic E-state index is -0.601. The van der Waals surface area contributed by atoms with Gasteiger partial charge in [-0.05, 0) is 47.2 Å². The second kappa shape index (κ2) is 8.84. The van der Waals surface area contributed by atoms with Crippen molar-refractivity contribution in [3.8, 4) is 11.4 Å². The van der Waals surface area contributed by atoms with Crippen LogP contribution in [0.5, 0.6) is 5.75 Å². The normalized spacial score (nSPS) is 11.1. The largest absolute Gasteiger partial charge is 0.495 e. The molecule has 32 heavy (non-hydrogen) atoms. The molecule has 8 heteroatoms. The Morgan fingerprint density at radius 1 is 1.06 bits per heavy atom. The number of methoxy groups -OCH3 is 1. The number of nitrogens with one attached hydrogen (secondary N) is 1. The number of ether oxygens (including phenoxy) is 1. The molecule has 7 nitrogen and oxygen atoms in total. The fourth-order valence-electron chi connectivity index (χ4n) is 3.56. The zero-order valence-electron chi connectivity index (χ0n) is 18.0. The number of amides is 1. The number of rotatable bonds is 6. The van der Waals surface area contributed by atoms with Gasteiger partial charge in [0.15, 0.2) is 0 Å². The standard InChI is InChI=1S/C24H23N3O4S/c1-15(2)16-8-10-17(11-9-16)25-21(28)14-26-19-12-13-32-22(19)23(29)27(24(26)30)18-6-4-5-7-20(18)31-3/h4-13,15H,14H2,1-3H3,(H,25,28). The SMILES string of the molecule is COc1ccccc1-n1c(=O)c2sccc2n(CC(=O)Nc2ccc(C(C)C)cc2)c1=O. The second-order valence-corrected chi connectivity index (χ2v) is 8.56. The summed E-state index contributed by atoms with van der Waals surface area (Å²) in [5, 5.41) is 4.56. The number of anilines is 1. The van der Waals surface area contributed by atoms with E-state index in [1.807, 2.05) is 24.3 Å². The lowest BCUT2D eigenvalue weighted by atomic mass is 10.0. The fourth-order valence-corrected chi connectivity index (χ4v) is 4.39. The summed E-state index contributed by atoms with van der Waals surface area (Å²) < 4.78 is 8.11. The number of nitrogens with zero attached hydrogens (tertiary/aromatic N) is 2. The first-order chi connectivity index (χ1) is 15.4. The van der Waals surface area contributed by atoms with Gasteiger partial charge in [0, 0.05) is 5.69 Å². The number of hydrogen-bond donors (Lipinski definition) is 1. The number of hydrogen-bond acceptors (Lipinski definition) is 5. The number of aromatic nitrogens is 2. The molecule has 0 saturated heterocycles. The molecule has 0 fully saturated rings. The van der Waals surface area contributed by atoms with Crippen LogP contribution in [0.3, 0.4) is 0 Å². The van der Waals surface area contributed by atoms with Crippen LogP contribution < -0.4 is 21.3 Å². The van der Waals surface area contributed by atoms with Crippen LogP contribution >= 0.6 is 11.3 Å². The monoisotopic (exact) mass is 449 g/mol. The number of benzene rings is 2. The molecule has 0 aliphatic carbocycles. The summed E-state index contributed by atoms with van der Waals surface area (Å²) in [6.07, 6.45) is 0. The lowest BCUT2D eigenvalue weighted by molar-refractivity contribution is -0.116. The van der Waals surface area contributed by atoms with Crippen LogP contribution in [0.15, 0.2) is 69.6 Å². The summed E-state index contributed by atoms with van der Waals surface area (Å²) in [4.78, 5) is 39.3. The van der Waals surface area contributed by atoms with Gasteiger partial charge < -0.3 is 10.1 Å². The highest BCUT2D eigenvalue weighted by molar-refractivity contribution is 7.17. The number of carbonyl (C=O) groups excluding carboxylic acids is 1. The molecule has 2 heterocycles. The van der Waals surface area contributed by atoms with Crippen LogP contribution in [0.2, 0.25) is 0 Å². The van der Waals surface area contributed by atoms with Gasteiger partial charge in [-0.25, -0.2) is 9.36 Å². The van der Waals surface area contributed by atoms with E-state index in [0.717, 1.165) is 4.57 Å². The Hall–Kier alpha value is -3.65. The van der Waals surface area contributed by atoms with E-state index in [-0.39, 0.29) is 12.5 Å². The molecule has 0 aliphatic rings. The number of para-hydroxylation sites is 2. The van der Waals surface area contributed by atoms with Gasteiger partial charge in [0.1, 0.15) is 17.0 Å². The summed E-state index contributed by atoms with van der Waals surface area (Å²) in [5.41, 5.74) is 1.54. The highest BCUT2D eigenvalue weighted by Crippen LogP contribution is 2.22. The molecule has 0 atom stereocenters. The van der Waals surface area contributed by atoms with Gasteiger partial charge in [-0.2, -0.15) is 0 Å². The predicted molar refractivity (Wildman–Crippen MR) is 127 cm³/mol. The third-order valence-corrected chi connectivity index (χ3v) is 6.14. The van der Waals surface area contributed by atoms with Crippen molar-refractivity contribution in [2.75, 3.05) is 12.4 Å². The van der Waals surface area contributed by atoms with Crippen LogP contribution in [0.4, 0.5) is 5.69 Å². The molecule has 0 radical (unpaired) electrons. The minimum Gasteiger partial charge on any atom is -0.495 e. The van der Waals surface area contributed by atoms with Gasteiger partial charge in [-0.15, -0.1) is 11.3 Å². The molecule has 0 saturated carbocycles. The third kappa shape index (κ3) is 3.97. The van der Waals surface area contributed by atoms with E-state index in [1.165, 1.54) is 28.6 Å². The van der Waals surface area contributed by atoms with Crippen molar-refractivity contribution in [3.63, 3.8) is 0 Å². The van der Waals surface area contributed by atoms with Crippen molar-refractivity contribution in [1.82, 2.24) is 9.13 Å².